The van der Waals surface area contributed by atoms with Crippen LogP contribution in [-0.4, -0.2) is 36.0 Å². The molecule has 2 aliphatic rings. The van der Waals surface area contributed by atoms with Crippen molar-refractivity contribution in [1.82, 2.24) is 15.8 Å². The predicted octanol–water partition coefficient (Wildman–Crippen LogP) is 0.648. The zero-order valence-corrected chi connectivity index (χ0v) is 11.0. The van der Waals surface area contributed by atoms with Crippen molar-refractivity contribution in [2.75, 3.05) is 13.1 Å². The van der Waals surface area contributed by atoms with Crippen LogP contribution in [0.5, 0.6) is 0 Å². The van der Waals surface area contributed by atoms with Crippen LogP contribution in [0.1, 0.15) is 12.0 Å². The molecule has 0 aliphatic carbocycles. The maximum Gasteiger partial charge on any atom is 0.410 e. The third-order valence-electron chi connectivity index (χ3n) is 3.75. The van der Waals surface area contributed by atoms with Crippen LogP contribution >= 0.6 is 0 Å². The standard InChI is InChI=1S/C14H17N3O3/c18-13-6-11-7-17(8-12(11)15-16-13)14(19)20-9-10-4-2-1-3-5-10/h1-5,11-12,15H,6-9H2,(H,16,18). The van der Waals surface area contributed by atoms with Gasteiger partial charge >= 0.3 is 6.09 Å². The number of hydrogen-bond acceptors (Lipinski definition) is 4. The van der Waals surface area contributed by atoms with Crippen LogP contribution in [-0.2, 0) is 16.1 Å². The number of benzene rings is 1. The highest BCUT2D eigenvalue weighted by Crippen LogP contribution is 2.23. The van der Waals surface area contributed by atoms with Crippen LogP contribution in [0.2, 0.25) is 0 Å². The van der Waals surface area contributed by atoms with Crippen molar-refractivity contribution >= 4 is 12.0 Å². The minimum atomic E-state index is -0.322. The van der Waals surface area contributed by atoms with E-state index in [2.05, 4.69) is 10.9 Å². The second kappa shape index (κ2) is 5.50. The van der Waals surface area contributed by atoms with E-state index in [1.165, 1.54) is 0 Å². The van der Waals surface area contributed by atoms with Crippen LogP contribution in [0, 0.1) is 5.92 Å². The SMILES string of the molecule is O=C1CC2CN(C(=O)OCc3ccccc3)CC2NN1. The molecule has 2 heterocycles. The van der Waals surface area contributed by atoms with Crippen molar-refractivity contribution in [3.63, 3.8) is 0 Å². The minimum Gasteiger partial charge on any atom is -0.445 e. The summed E-state index contributed by atoms with van der Waals surface area (Å²) < 4.78 is 5.30. The van der Waals surface area contributed by atoms with Crippen molar-refractivity contribution in [2.24, 2.45) is 5.92 Å². The molecule has 1 aromatic rings. The lowest BCUT2D eigenvalue weighted by Crippen LogP contribution is -2.53. The average molecular weight is 275 g/mol. The lowest BCUT2D eigenvalue weighted by molar-refractivity contribution is -0.125. The highest BCUT2D eigenvalue weighted by atomic mass is 16.6. The molecule has 0 saturated carbocycles. The summed E-state index contributed by atoms with van der Waals surface area (Å²) in [5, 5.41) is 0. The molecule has 3 rings (SSSR count). The van der Waals surface area contributed by atoms with Gasteiger partial charge in [0, 0.05) is 31.5 Å². The Balaban J connectivity index is 1.52. The van der Waals surface area contributed by atoms with Crippen molar-refractivity contribution in [3.05, 3.63) is 35.9 Å². The minimum absolute atomic E-state index is 0.0225. The van der Waals surface area contributed by atoms with Gasteiger partial charge in [-0.15, -0.1) is 0 Å². The van der Waals surface area contributed by atoms with Gasteiger partial charge in [-0.2, -0.15) is 0 Å². The van der Waals surface area contributed by atoms with Crippen molar-refractivity contribution in [1.29, 1.82) is 0 Å². The first-order chi connectivity index (χ1) is 9.72. The van der Waals surface area contributed by atoms with Crippen molar-refractivity contribution in [3.8, 4) is 0 Å². The van der Waals surface area contributed by atoms with E-state index in [-0.39, 0.29) is 30.6 Å². The van der Waals surface area contributed by atoms with E-state index in [1.807, 2.05) is 30.3 Å². The second-order valence-electron chi connectivity index (χ2n) is 5.21. The summed E-state index contributed by atoms with van der Waals surface area (Å²) in [5.74, 6) is 0.152. The van der Waals surface area contributed by atoms with Gasteiger partial charge in [-0.05, 0) is 5.56 Å². The van der Waals surface area contributed by atoms with E-state index in [4.69, 9.17) is 4.74 Å². The number of carbonyl (C=O) groups excluding carboxylic acids is 2. The van der Waals surface area contributed by atoms with Gasteiger partial charge in [-0.25, -0.2) is 10.2 Å². The molecular formula is C14H17N3O3. The van der Waals surface area contributed by atoms with Gasteiger partial charge in [0.25, 0.3) is 0 Å². The first-order valence-electron chi connectivity index (χ1n) is 6.72. The summed E-state index contributed by atoms with van der Waals surface area (Å²) >= 11 is 0. The van der Waals surface area contributed by atoms with E-state index in [0.717, 1.165) is 5.56 Å². The van der Waals surface area contributed by atoms with Gasteiger partial charge in [0.1, 0.15) is 6.61 Å². The molecule has 1 aromatic carbocycles. The molecule has 2 N–H and O–H groups in total. The Morgan fingerprint density at radius 3 is 2.90 bits per heavy atom. The van der Waals surface area contributed by atoms with Crippen LogP contribution in [0.25, 0.3) is 0 Å². The smallest absolute Gasteiger partial charge is 0.410 e. The fourth-order valence-electron chi connectivity index (χ4n) is 2.66. The van der Waals surface area contributed by atoms with Crippen LogP contribution in [0.4, 0.5) is 4.79 Å². The molecule has 2 amide bonds. The molecule has 0 aromatic heterocycles. The van der Waals surface area contributed by atoms with Gasteiger partial charge in [0.2, 0.25) is 5.91 Å². The lowest BCUT2D eigenvalue weighted by atomic mass is 9.98. The predicted molar refractivity (Wildman–Crippen MR) is 71.4 cm³/mol. The average Bonchev–Trinajstić information content (AvgIpc) is 2.89. The molecule has 0 spiro atoms. The summed E-state index contributed by atoms with van der Waals surface area (Å²) in [4.78, 5) is 25.0. The van der Waals surface area contributed by atoms with Gasteiger partial charge in [-0.3, -0.25) is 10.2 Å². The third kappa shape index (κ3) is 2.75. The molecule has 20 heavy (non-hydrogen) atoms. The fraction of sp³-hybridized carbons (Fsp3) is 0.429. The van der Waals surface area contributed by atoms with Crippen LogP contribution < -0.4 is 10.9 Å². The molecule has 2 unspecified atom stereocenters. The molecule has 2 atom stereocenters. The number of hydrogen-bond donors (Lipinski definition) is 2. The monoisotopic (exact) mass is 275 g/mol. The summed E-state index contributed by atoms with van der Waals surface area (Å²) in [6.45, 7) is 1.41. The lowest BCUT2D eigenvalue weighted by Gasteiger charge is -2.24. The Morgan fingerprint density at radius 2 is 2.10 bits per heavy atom. The van der Waals surface area contributed by atoms with Crippen LogP contribution in [0.15, 0.2) is 30.3 Å². The van der Waals surface area contributed by atoms with Gasteiger partial charge in [0.05, 0.1) is 0 Å². The van der Waals surface area contributed by atoms with Crippen molar-refractivity contribution in [2.45, 2.75) is 19.1 Å². The zero-order valence-electron chi connectivity index (χ0n) is 11.0. The number of ether oxygens (including phenoxy) is 1. The summed E-state index contributed by atoms with van der Waals surface area (Å²) in [6.07, 6.45) is 0.137. The molecule has 6 nitrogen and oxygen atoms in total. The Hall–Kier alpha value is -2.08. The highest BCUT2D eigenvalue weighted by molar-refractivity contribution is 5.77. The normalized spacial score (nSPS) is 25.0. The maximum atomic E-state index is 12.0. The van der Waals surface area contributed by atoms with E-state index < -0.39 is 0 Å². The van der Waals surface area contributed by atoms with E-state index >= 15 is 0 Å². The topological polar surface area (TPSA) is 70.7 Å². The fourth-order valence-corrected chi connectivity index (χ4v) is 2.66. The summed E-state index contributed by atoms with van der Waals surface area (Å²) in [6, 6.07) is 9.70. The molecule has 2 aliphatic heterocycles. The molecular weight excluding hydrogens is 258 g/mol. The first kappa shape index (κ1) is 12.9. The maximum absolute atomic E-state index is 12.0. The quantitative estimate of drug-likeness (QED) is 0.831. The van der Waals surface area contributed by atoms with Gasteiger partial charge < -0.3 is 9.64 Å². The molecule has 0 radical (unpaired) electrons. The van der Waals surface area contributed by atoms with Gasteiger partial charge in [-0.1, -0.05) is 30.3 Å². The Labute approximate surface area is 117 Å². The van der Waals surface area contributed by atoms with E-state index in [9.17, 15) is 9.59 Å². The highest BCUT2D eigenvalue weighted by Gasteiger charge is 2.39. The Bertz CT molecular complexity index is 506. The zero-order chi connectivity index (χ0) is 13.9. The molecule has 2 fully saturated rings. The van der Waals surface area contributed by atoms with E-state index in [1.54, 1.807) is 4.90 Å². The number of nitrogens with one attached hydrogen (secondary N) is 2. The number of fused-ring (bicyclic) bond motifs is 1. The molecule has 106 valence electrons. The number of nitrogens with zero attached hydrogens (tertiary/aromatic N) is 1. The first-order valence-corrected chi connectivity index (χ1v) is 6.72. The van der Waals surface area contributed by atoms with Crippen molar-refractivity contribution < 1.29 is 14.3 Å². The molecule has 0 bridgehead atoms. The number of hydrazine groups is 1. The number of likely N-dealkylation sites (tertiary alicyclic amines) is 1. The van der Waals surface area contributed by atoms with E-state index in [0.29, 0.717) is 19.5 Å². The number of carbonyl (C=O) groups is 2. The van der Waals surface area contributed by atoms with Crippen LogP contribution in [0.3, 0.4) is 0 Å². The largest absolute Gasteiger partial charge is 0.445 e. The Morgan fingerprint density at radius 1 is 1.30 bits per heavy atom. The second-order valence-corrected chi connectivity index (χ2v) is 5.21. The molecule has 2 saturated heterocycles. The Kier molecular flexibility index (Phi) is 3.56. The summed E-state index contributed by atoms with van der Waals surface area (Å²) in [7, 11) is 0. The number of amides is 2. The molecule has 6 heteroatoms. The third-order valence-corrected chi connectivity index (χ3v) is 3.75. The van der Waals surface area contributed by atoms with Gasteiger partial charge in [0.15, 0.2) is 0 Å². The summed E-state index contributed by atoms with van der Waals surface area (Å²) in [5.41, 5.74) is 6.51. The number of rotatable bonds is 2.